The van der Waals surface area contributed by atoms with Crippen LogP contribution in [0.2, 0.25) is 0 Å². The SMILES string of the molecule is CCOCCN(C)S(=O)(=O)c1ccc2c(c1)NCC2. The third-order valence-electron chi connectivity index (χ3n) is 3.25. The van der Waals surface area contributed by atoms with Crippen LogP contribution in [0, 0.1) is 0 Å². The summed E-state index contributed by atoms with van der Waals surface area (Å²) in [7, 11) is -1.85. The molecular weight excluding hydrogens is 264 g/mol. The van der Waals surface area contributed by atoms with Crippen molar-refractivity contribution < 1.29 is 13.2 Å². The largest absolute Gasteiger partial charge is 0.384 e. The molecule has 0 fully saturated rings. The van der Waals surface area contributed by atoms with Crippen LogP contribution in [0.25, 0.3) is 0 Å². The first-order valence-corrected chi connectivity index (χ1v) is 7.90. The predicted molar refractivity (Wildman–Crippen MR) is 74.9 cm³/mol. The summed E-state index contributed by atoms with van der Waals surface area (Å²) in [6.45, 7) is 4.13. The van der Waals surface area contributed by atoms with E-state index >= 15 is 0 Å². The molecule has 0 aliphatic carbocycles. The van der Waals surface area contributed by atoms with E-state index in [0.717, 1.165) is 18.7 Å². The fourth-order valence-corrected chi connectivity index (χ4v) is 3.25. The van der Waals surface area contributed by atoms with E-state index in [1.807, 2.05) is 13.0 Å². The molecule has 0 bridgehead atoms. The Morgan fingerprint density at radius 1 is 1.42 bits per heavy atom. The van der Waals surface area contributed by atoms with Crippen LogP contribution >= 0.6 is 0 Å². The van der Waals surface area contributed by atoms with Gasteiger partial charge in [-0.25, -0.2) is 8.42 Å². The summed E-state index contributed by atoms with van der Waals surface area (Å²) in [5.41, 5.74) is 2.11. The highest BCUT2D eigenvalue weighted by molar-refractivity contribution is 7.89. The Bertz CT molecular complexity index is 543. The Morgan fingerprint density at radius 2 is 2.21 bits per heavy atom. The zero-order valence-electron chi connectivity index (χ0n) is 11.3. The molecule has 1 aliphatic rings. The number of fused-ring (bicyclic) bond motifs is 1. The van der Waals surface area contributed by atoms with Gasteiger partial charge in [0.25, 0.3) is 0 Å². The highest BCUT2D eigenvalue weighted by Crippen LogP contribution is 2.26. The second-order valence-electron chi connectivity index (χ2n) is 4.52. The summed E-state index contributed by atoms with van der Waals surface area (Å²) >= 11 is 0. The summed E-state index contributed by atoms with van der Waals surface area (Å²) in [4.78, 5) is 0.333. The van der Waals surface area contributed by atoms with Crippen LogP contribution in [0.5, 0.6) is 0 Å². The van der Waals surface area contributed by atoms with Gasteiger partial charge in [0.15, 0.2) is 0 Å². The van der Waals surface area contributed by atoms with Gasteiger partial charge in [-0.05, 0) is 31.0 Å². The number of benzene rings is 1. The second-order valence-corrected chi connectivity index (χ2v) is 6.56. The number of likely N-dealkylation sites (N-methyl/N-ethyl adjacent to an activating group) is 1. The molecule has 0 unspecified atom stereocenters. The maximum atomic E-state index is 12.4. The van der Waals surface area contributed by atoms with Gasteiger partial charge in [-0.2, -0.15) is 4.31 Å². The first-order valence-electron chi connectivity index (χ1n) is 6.46. The van der Waals surface area contributed by atoms with Crippen molar-refractivity contribution in [2.24, 2.45) is 0 Å². The minimum atomic E-state index is -3.43. The third-order valence-corrected chi connectivity index (χ3v) is 5.11. The Morgan fingerprint density at radius 3 is 2.95 bits per heavy atom. The van der Waals surface area contributed by atoms with Gasteiger partial charge in [-0.1, -0.05) is 6.07 Å². The molecule has 1 aromatic rings. The van der Waals surface area contributed by atoms with Crippen LogP contribution in [0.3, 0.4) is 0 Å². The summed E-state index contributed by atoms with van der Waals surface area (Å²) < 4.78 is 31.3. The highest BCUT2D eigenvalue weighted by atomic mass is 32.2. The first-order chi connectivity index (χ1) is 9.05. The fourth-order valence-electron chi connectivity index (χ4n) is 2.07. The lowest BCUT2D eigenvalue weighted by Gasteiger charge is -2.17. The molecule has 0 atom stereocenters. The van der Waals surface area contributed by atoms with Crippen LogP contribution in [0.4, 0.5) is 5.69 Å². The van der Waals surface area contributed by atoms with E-state index in [4.69, 9.17) is 4.74 Å². The number of sulfonamides is 1. The Hall–Kier alpha value is -1.11. The standard InChI is InChI=1S/C13H20N2O3S/c1-3-18-9-8-15(2)19(16,17)12-5-4-11-6-7-14-13(11)10-12/h4-5,10,14H,3,6-9H2,1-2H3. The lowest BCUT2D eigenvalue weighted by atomic mass is 10.2. The monoisotopic (exact) mass is 284 g/mol. The lowest BCUT2D eigenvalue weighted by Crippen LogP contribution is -2.30. The Kier molecular flexibility index (Phi) is 4.44. The molecule has 6 heteroatoms. The number of hydrogen-bond donors (Lipinski definition) is 1. The quantitative estimate of drug-likeness (QED) is 0.800. The number of rotatable bonds is 6. The van der Waals surface area contributed by atoms with Crippen molar-refractivity contribution in [1.29, 1.82) is 0 Å². The molecule has 106 valence electrons. The van der Waals surface area contributed by atoms with Crippen LogP contribution in [-0.2, 0) is 21.2 Å². The van der Waals surface area contributed by atoms with Gasteiger partial charge in [-0.15, -0.1) is 0 Å². The first kappa shape index (κ1) is 14.3. The normalized spacial score (nSPS) is 14.5. The van der Waals surface area contributed by atoms with Crippen LogP contribution in [0.1, 0.15) is 12.5 Å². The summed E-state index contributed by atoms with van der Waals surface area (Å²) in [5.74, 6) is 0. The number of ether oxygens (including phenoxy) is 1. The Balaban J connectivity index is 2.15. The zero-order chi connectivity index (χ0) is 13.9. The molecule has 19 heavy (non-hydrogen) atoms. The van der Waals surface area contributed by atoms with E-state index in [9.17, 15) is 8.42 Å². The maximum Gasteiger partial charge on any atom is 0.242 e. The number of nitrogens with one attached hydrogen (secondary N) is 1. The van der Waals surface area contributed by atoms with Crippen molar-refractivity contribution in [3.63, 3.8) is 0 Å². The molecule has 0 spiro atoms. The molecule has 1 N–H and O–H groups in total. The van der Waals surface area contributed by atoms with Gasteiger partial charge in [0.05, 0.1) is 11.5 Å². The molecule has 0 aromatic heterocycles. The van der Waals surface area contributed by atoms with Crippen molar-refractivity contribution in [2.75, 3.05) is 38.7 Å². The maximum absolute atomic E-state index is 12.4. The fraction of sp³-hybridized carbons (Fsp3) is 0.538. The van der Waals surface area contributed by atoms with E-state index in [2.05, 4.69) is 5.32 Å². The Labute approximate surface area is 114 Å². The second kappa shape index (κ2) is 5.90. The van der Waals surface area contributed by atoms with Crippen molar-refractivity contribution in [2.45, 2.75) is 18.2 Å². The van der Waals surface area contributed by atoms with Crippen molar-refractivity contribution in [1.82, 2.24) is 4.31 Å². The number of nitrogens with zero attached hydrogens (tertiary/aromatic N) is 1. The molecule has 0 saturated carbocycles. The highest BCUT2D eigenvalue weighted by Gasteiger charge is 2.22. The minimum Gasteiger partial charge on any atom is -0.384 e. The van der Waals surface area contributed by atoms with Gasteiger partial charge < -0.3 is 10.1 Å². The molecular formula is C13H20N2O3S. The average molecular weight is 284 g/mol. The number of hydrogen-bond acceptors (Lipinski definition) is 4. The van der Waals surface area contributed by atoms with Crippen molar-refractivity contribution >= 4 is 15.7 Å². The molecule has 5 nitrogen and oxygen atoms in total. The van der Waals surface area contributed by atoms with E-state index in [1.165, 1.54) is 9.87 Å². The van der Waals surface area contributed by atoms with E-state index < -0.39 is 10.0 Å². The smallest absolute Gasteiger partial charge is 0.242 e. The van der Waals surface area contributed by atoms with Crippen LogP contribution < -0.4 is 5.32 Å². The van der Waals surface area contributed by atoms with E-state index in [0.29, 0.717) is 24.7 Å². The van der Waals surface area contributed by atoms with Gasteiger partial charge in [0.2, 0.25) is 10.0 Å². The zero-order valence-corrected chi connectivity index (χ0v) is 12.2. The molecule has 1 aromatic carbocycles. The average Bonchev–Trinajstić information content (AvgIpc) is 2.85. The van der Waals surface area contributed by atoms with Crippen LogP contribution in [-0.4, -0.2) is 46.1 Å². The topological polar surface area (TPSA) is 58.6 Å². The summed E-state index contributed by atoms with van der Waals surface area (Å²) in [5, 5.41) is 3.20. The molecule has 0 saturated heterocycles. The van der Waals surface area contributed by atoms with Gasteiger partial charge in [0.1, 0.15) is 0 Å². The summed E-state index contributed by atoms with van der Waals surface area (Å²) in [6, 6.07) is 5.28. The van der Waals surface area contributed by atoms with Crippen molar-refractivity contribution in [3.8, 4) is 0 Å². The predicted octanol–water partition coefficient (Wildman–Crippen LogP) is 1.31. The minimum absolute atomic E-state index is 0.333. The molecule has 0 radical (unpaired) electrons. The summed E-state index contributed by atoms with van der Waals surface area (Å²) in [6.07, 6.45) is 0.954. The van der Waals surface area contributed by atoms with Crippen LogP contribution in [0.15, 0.2) is 23.1 Å². The third kappa shape index (κ3) is 3.08. The molecule has 1 heterocycles. The molecule has 1 aliphatic heterocycles. The number of anilines is 1. The van der Waals surface area contributed by atoms with Gasteiger partial charge in [0, 0.05) is 32.4 Å². The molecule has 2 rings (SSSR count). The lowest BCUT2D eigenvalue weighted by molar-refractivity contribution is 0.138. The van der Waals surface area contributed by atoms with E-state index in [-0.39, 0.29) is 0 Å². The molecule has 0 amide bonds. The van der Waals surface area contributed by atoms with Crippen molar-refractivity contribution in [3.05, 3.63) is 23.8 Å². The van der Waals surface area contributed by atoms with E-state index in [1.54, 1.807) is 19.2 Å². The van der Waals surface area contributed by atoms with Gasteiger partial charge in [-0.3, -0.25) is 0 Å². The van der Waals surface area contributed by atoms with Gasteiger partial charge >= 0.3 is 0 Å².